The first kappa shape index (κ1) is 16.3. The molecule has 0 saturated heterocycles. The van der Waals surface area contributed by atoms with Gasteiger partial charge in [-0.1, -0.05) is 23.2 Å². The maximum Gasteiger partial charge on any atom is 0.325 e. The van der Waals surface area contributed by atoms with Gasteiger partial charge in [0.2, 0.25) is 0 Å². The van der Waals surface area contributed by atoms with Crippen molar-refractivity contribution in [3.63, 3.8) is 0 Å². The number of likely N-dealkylation sites (N-methyl/N-ethyl adjacent to an activating group) is 1. The summed E-state index contributed by atoms with van der Waals surface area (Å²) in [6, 6.07) is 4.96. The van der Waals surface area contributed by atoms with Gasteiger partial charge in [0.1, 0.15) is 6.54 Å². The van der Waals surface area contributed by atoms with Gasteiger partial charge >= 0.3 is 5.97 Å². The average molecular weight is 342 g/mol. The maximum atomic E-state index is 12.2. The summed E-state index contributed by atoms with van der Waals surface area (Å²) in [5, 5.41) is 5.03. The zero-order chi connectivity index (χ0) is 16.3. The van der Waals surface area contributed by atoms with Gasteiger partial charge in [0.15, 0.2) is 0 Å². The van der Waals surface area contributed by atoms with Crippen LogP contribution in [0.2, 0.25) is 10.0 Å². The number of amides is 1. The topological polar surface area (TPSA) is 64.4 Å². The summed E-state index contributed by atoms with van der Waals surface area (Å²) in [4.78, 5) is 24.6. The molecule has 0 saturated carbocycles. The molecule has 0 atom stereocenters. The van der Waals surface area contributed by atoms with Gasteiger partial charge in [0.05, 0.1) is 29.6 Å². The summed E-state index contributed by atoms with van der Waals surface area (Å²) < 4.78 is 5.99. The minimum atomic E-state index is -0.496. The quantitative estimate of drug-likeness (QED) is 0.801. The highest BCUT2D eigenvalue weighted by atomic mass is 35.5. The van der Waals surface area contributed by atoms with Gasteiger partial charge < -0.3 is 9.64 Å². The molecule has 0 fully saturated rings. The van der Waals surface area contributed by atoms with Gasteiger partial charge in [0.25, 0.3) is 5.91 Å². The Morgan fingerprint density at radius 1 is 1.36 bits per heavy atom. The van der Waals surface area contributed by atoms with Gasteiger partial charge in [-0.15, -0.1) is 0 Å². The van der Waals surface area contributed by atoms with Gasteiger partial charge in [0, 0.05) is 18.3 Å². The number of nitrogens with zero attached hydrogens (tertiary/aromatic N) is 3. The van der Waals surface area contributed by atoms with Crippen LogP contribution < -0.4 is 0 Å². The molecule has 1 aromatic carbocycles. The molecule has 0 aliphatic carbocycles. The third-order valence-corrected chi connectivity index (χ3v) is 3.46. The molecule has 6 nitrogen and oxygen atoms in total. The van der Waals surface area contributed by atoms with Crippen molar-refractivity contribution >= 4 is 35.1 Å². The minimum absolute atomic E-state index is 0.137. The number of benzene rings is 1. The van der Waals surface area contributed by atoms with Crippen LogP contribution in [-0.2, 0) is 9.53 Å². The van der Waals surface area contributed by atoms with E-state index in [-0.39, 0.29) is 12.5 Å². The van der Waals surface area contributed by atoms with Gasteiger partial charge in [-0.2, -0.15) is 5.10 Å². The second-order valence-electron chi connectivity index (χ2n) is 4.51. The van der Waals surface area contributed by atoms with E-state index in [4.69, 9.17) is 23.2 Å². The number of halogens is 2. The standard InChI is InChI=1S/C14H13Cl2N3O3/c1-18(8-13(20)22-2)14(21)9-6-17-19(7-9)12-4-3-10(15)5-11(12)16/h3-7H,8H2,1-2H3. The number of esters is 1. The van der Waals surface area contributed by atoms with Crippen LogP contribution in [0.15, 0.2) is 30.6 Å². The Hall–Kier alpha value is -2.05. The Morgan fingerprint density at radius 2 is 2.09 bits per heavy atom. The number of methoxy groups -OCH3 is 1. The molecule has 0 aliphatic rings. The monoisotopic (exact) mass is 341 g/mol. The van der Waals surface area contributed by atoms with E-state index in [9.17, 15) is 9.59 Å². The van der Waals surface area contributed by atoms with Crippen molar-refractivity contribution in [2.24, 2.45) is 0 Å². The number of aromatic nitrogens is 2. The smallest absolute Gasteiger partial charge is 0.325 e. The first-order valence-corrected chi connectivity index (χ1v) is 7.00. The van der Waals surface area contributed by atoms with E-state index < -0.39 is 5.97 Å². The molecule has 0 unspecified atom stereocenters. The molecule has 1 heterocycles. The largest absolute Gasteiger partial charge is 0.468 e. The van der Waals surface area contributed by atoms with Crippen molar-refractivity contribution in [2.45, 2.75) is 0 Å². The second-order valence-corrected chi connectivity index (χ2v) is 5.35. The molecule has 2 rings (SSSR count). The van der Waals surface area contributed by atoms with Crippen LogP contribution in [0, 0.1) is 0 Å². The van der Waals surface area contributed by atoms with E-state index in [1.54, 1.807) is 18.2 Å². The molecule has 0 N–H and O–H groups in total. The summed E-state index contributed by atoms with van der Waals surface area (Å²) in [5.74, 6) is -0.842. The van der Waals surface area contributed by atoms with E-state index in [2.05, 4.69) is 9.84 Å². The van der Waals surface area contributed by atoms with Crippen LogP contribution in [0.4, 0.5) is 0 Å². The zero-order valence-electron chi connectivity index (χ0n) is 11.9. The summed E-state index contributed by atoms with van der Waals surface area (Å²) in [6.07, 6.45) is 2.94. The van der Waals surface area contributed by atoms with E-state index in [1.165, 1.54) is 36.1 Å². The molecule has 0 spiro atoms. The Kier molecular flexibility index (Phi) is 5.05. The van der Waals surface area contributed by atoms with Crippen LogP contribution >= 0.6 is 23.2 Å². The fraction of sp³-hybridized carbons (Fsp3) is 0.214. The summed E-state index contributed by atoms with van der Waals surface area (Å²) in [5.41, 5.74) is 0.929. The number of carbonyl (C=O) groups excluding carboxylic acids is 2. The Balaban J connectivity index is 2.20. The lowest BCUT2D eigenvalue weighted by atomic mass is 10.3. The summed E-state index contributed by atoms with van der Waals surface area (Å²) in [6.45, 7) is -0.137. The predicted molar refractivity (Wildman–Crippen MR) is 82.6 cm³/mol. The highest BCUT2D eigenvalue weighted by Gasteiger charge is 2.17. The first-order valence-electron chi connectivity index (χ1n) is 6.24. The third kappa shape index (κ3) is 3.58. The highest BCUT2D eigenvalue weighted by Crippen LogP contribution is 2.24. The lowest BCUT2D eigenvalue weighted by Gasteiger charge is -2.14. The van der Waals surface area contributed by atoms with Crippen LogP contribution in [0.3, 0.4) is 0 Å². The lowest BCUT2D eigenvalue weighted by molar-refractivity contribution is -0.141. The van der Waals surface area contributed by atoms with E-state index >= 15 is 0 Å². The Morgan fingerprint density at radius 3 is 2.73 bits per heavy atom. The van der Waals surface area contributed by atoms with Crippen LogP contribution in [0.5, 0.6) is 0 Å². The van der Waals surface area contributed by atoms with E-state index in [0.29, 0.717) is 21.3 Å². The SMILES string of the molecule is COC(=O)CN(C)C(=O)c1cnn(-c2ccc(Cl)cc2Cl)c1. The number of ether oxygens (including phenoxy) is 1. The predicted octanol–water partition coefficient (Wildman–Crippen LogP) is 2.42. The van der Waals surface area contributed by atoms with Crippen molar-refractivity contribution in [3.05, 3.63) is 46.2 Å². The molecular weight excluding hydrogens is 329 g/mol. The molecule has 116 valence electrons. The number of hydrogen-bond acceptors (Lipinski definition) is 4. The van der Waals surface area contributed by atoms with Crippen LogP contribution in [0.1, 0.15) is 10.4 Å². The van der Waals surface area contributed by atoms with Crippen molar-refractivity contribution in [3.8, 4) is 5.69 Å². The minimum Gasteiger partial charge on any atom is -0.468 e. The van der Waals surface area contributed by atoms with E-state index in [1.807, 2.05) is 0 Å². The fourth-order valence-corrected chi connectivity index (χ4v) is 2.28. The molecule has 22 heavy (non-hydrogen) atoms. The number of carbonyl (C=O) groups is 2. The number of hydrogen-bond donors (Lipinski definition) is 0. The first-order chi connectivity index (χ1) is 10.4. The lowest BCUT2D eigenvalue weighted by Crippen LogP contribution is -2.32. The molecule has 2 aromatic rings. The molecule has 1 amide bonds. The molecular formula is C14H13Cl2N3O3. The maximum absolute atomic E-state index is 12.2. The Labute approximate surface area is 137 Å². The molecule has 0 aliphatic heterocycles. The Bertz CT molecular complexity index is 715. The van der Waals surface area contributed by atoms with Crippen molar-refractivity contribution < 1.29 is 14.3 Å². The zero-order valence-corrected chi connectivity index (χ0v) is 13.4. The highest BCUT2D eigenvalue weighted by molar-refractivity contribution is 6.35. The normalized spacial score (nSPS) is 10.4. The van der Waals surface area contributed by atoms with Crippen molar-refractivity contribution in [1.29, 1.82) is 0 Å². The van der Waals surface area contributed by atoms with Gasteiger partial charge in [-0.3, -0.25) is 9.59 Å². The second kappa shape index (κ2) is 6.81. The summed E-state index contributed by atoms with van der Waals surface area (Å²) in [7, 11) is 2.77. The molecule has 8 heteroatoms. The summed E-state index contributed by atoms with van der Waals surface area (Å²) >= 11 is 11.9. The molecule has 0 bridgehead atoms. The van der Waals surface area contributed by atoms with Crippen LogP contribution in [0.25, 0.3) is 5.69 Å². The van der Waals surface area contributed by atoms with Gasteiger partial charge in [-0.25, -0.2) is 4.68 Å². The third-order valence-electron chi connectivity index (χ3n) is 2.93. The average Bonchev–Trinajstić information content (AvgIpc) is 2.95. The van der Waals surface area contributed by atoms with Gasteiger partial charge in [-0.05, 0) is 18.2 Å². The number of rotatable bonds is 4. The molecule has 0 radical (unpaired) electrons. The fourth-order valence-electron chi connectivity index (χ4n) is 1.78. The van der Waals surface area contributed by atoms with E-state index in [0.717, 1.165) is 0 Å². The van der Waals surface area contributed by atoms with Crippen LogP contribution in [-0.4, -0.2) is 47.3 Å². The van der Waals surface area contributed by atoms with Crippen molar-refractivity contribution in [2.75, 3.05) is 20.7 Å². The van der Waals surface area contributed by atoms with Crippen molar-refractivity contribution in [1.82, 2.24) is 14.7 Å². The molecule has 1 aromatic heterocycles.